The third kappa shape index (κ3) is 4.00. The molecule has 0 aliphatic carbocycles. The first kappa shape index (κ1) is 22.3. The number of fused-ring (bicyclic) bond motifs is 1. The van der Waals surface area contributed by atoms with Crippen LogP contribution in [0, 0.1) is 10.1 Å². The average molecular weight is 452 g/mol. The van der Waals surface area contributed by atoms with Gasteiger partial charge in [-0.1, -0.05) is 18.2 Å². The molecule has 2 heterocycles. The molecule has 1 N–H and O–H groups in total. The lowest BCUT2D eigenvalue weighted by Gasteiger charge is -2.27. The zero-order valence-electron chi connectivity index (χ0n) is 18.5. The number of carbonyl (C=O) groups excluding carboxylic acids is 1. The molecule has 33 heavy (non-hydrogen) atoms. The molecule has 0 saturated heterocycles. The first-order valence-corrected chi connectivity index (χ1v) is 10.3. The largest absolute Gasteiger partial charge is 0.493 e. The summed E-state index contributed by atoms with van der Waals surface area (Å²) in [5.74, 6) is 0.918. The monoisotopic (exact) mass is 452 g/mol. The molecule has 1 aliphatic heterocycles. The van der Waals surface area contributed by atoms with E-state index in [1.165, 1.54) is 12.1 Å². The molecule has 0 bridgehead atoms. The number of rotatable bonds is 9. The molecule has 4 rings (SSSR count). The maximum absolute atomic E-state index is 13.3. The highest BCUT2D eigenvalue weighted by molar-refractivity contribution is 6.00. The number of nitrogens with one attached hydrogen (secondary N) is 1. The van der Waals surface area contributed by atoms with Gasteiger partial charge in [-0.2, -0.15) is 5.10 Å². The summed E-state index contributed by atoms with van der Waals surface area (Å²) >= 11 is 0. The first-order chi connectivity index (χ1) is 16.0. The van der Waals surface area contributed by atoms with Crippen LogP contribution in [0.5, 0.6) is 11.5 Å². The van der Waals surface area contributed by atoms with Crippen molar-refractivity contribution in [3.05, 3.63) is 69.4 Å². The fraction of sp³-hybridized carbons (Fsp3) is 0.304. The summed E-state index contributed by atoms with van der Waals surface area (Å²) in [4.78, 5) is 25.9. The highest BCUT2D eigenvalue weighted by Gasteiger charge is 2.42. The number of nitro benzene ring substituents is 1. The van der Waals surface area contributed by atoms with Gasteiger partial charge in [0.1, 0.15) is 5.69 Å². The van der Waals surface area contributed by atoms with E-state index in [4.69, 9.17) is 14.2 Å². The maximum atomic E-state index is 13.3. The second-order valence-corrected chi connectivity index (χ2v) is 7.53. The molecule has 172 valence electrons. The number of hydrogen-bond donors (Lipinski definition) is 1. The van der Waals surface area contributed by atoms with Gasteiger partial charge in [-0.15, -0.1) is 0 Å². The van der Waals surface area contributed by atoms with Crippen molar-refractivity contribution in [1.82, 2.24) is 15.1 Å². The van der Waals surface area contributed by atoms with Crippen molar-refractivity contribution in [2.45, 2.75) is 12.5 Å². The van der Waals surface area contributed by atoms with Crippen LogP contribution >= 0.6 is 0 Å². The zero-order chi connectivity index (χ0) is 23.5. The number of aromatic nitrogens is 2. The summed E-state index contributed by atoms with van der Waals surface area (Å²) in [7, 11) is 4.72. The molecule has 1 aliphatic rings. The smallest absolute Gasteiger partial charge is 0.273 e. The third-order valence-electron chi connectivity index (χ3n) is 5.67. The number of methoxy groups -OCH3 is 3. The van der Waals surface area contributed by atoms with Crippen LogP contribution in [0.15, 0.2) is 42.5 Å². The first-order valence-electron chi connectivity index (χ1n) is 10.3. The summed E-state index contributed by atoms with van der Waals surface area (Å²) in [6, 6.07) is 11.3. The van der Waals surface area contributed by atoms with Gasteiger partial charge in [-0.05, 0) is 24.1 Å². The lowest BCUT2D eigenvalue weighted by Crippen LogP contribution is -2.31. The Morgan fingerprint density at radius 1 is 1.12 bits per heavy atom. The zero-order valence-corrected chi connectivity index (χ0v) is 18.5. The Morgan fingerprint density at radius 3 is 2.61 bits per heavy atom. The molecule has 1 amide bonds. The highest BCUT2D eigenvalue weighted by Crippen LogP contribution is 2.44. The van der Waals surface area contributed by atoms with Crippen LogP contribution in [0.1, 0.15) is 34.1 Å². The van der Waals surface area contributed by atoms with Crippen LogP contribution in [0.2, 0.25) is 0 Å². The normalized spacial score (nSPS) is 14.9. The Balaban J connectivity index is 1.85. The summed E-state index contributed by atoms with van der Waals surface area (Å²) < 4.78 is 16.0. The van der Waals surface area contributed by atoms with Crippen LogP contribution in [0.3, 0.4) is 0 Å². The number of amides is 1. The quantitative estimate of drug-likeness (QED) is 0.299. The van der Waals surface area contributed by atoms with E-state index < -0.39 is 11.0 Å². The van der Waals surface area contributed by atoms with E-state index in [-0.39, 0.29) is 11.6 Å². The Morgan fingerprint density at radius 2 is 1.91 bits per heavy atom. The van der Waals surface area contributed by atoms with Gasteiger partial charge >= 0.3 is 0 Å². The summed E-state index contributed by atoms with van der Waals surface area (Å²) in [5.41, 5.74) is 2.85. The van der Waals surface area contributed by atoms with Crippen LogP contribution in [0.25, 0.3) is 11.3 Å². The van der Waals surface area contributed by atoms with Gasteiger partial charge in [0.05, 0.1) is 30.9 Å². The van der Waals surface area contributed by atoms with Gasteiger partial charge in [0.2, 0.25) is 0 Å². The maximum Gasteiger partial charge on any atom is 0.273 e. The van der Waals surface area contributed by atoms with Crippen molar-refractivity contribution in [2.75, 3.05) is 34.5 Å². The molecule has 1 atom stereocenters. The minimum Gasteiger partial charge on any atom is -0.493 e. The lowest BCUT2D eigenvalue weighted by molar-refractivity contribution is -0.384. The molecule has 1 aromatic heterocycles. The number of benzene rings is 2. The average Bonchev–Trinajstić information content (AvgIpc) is 3.38. The SMILES string of the molecule is COCCCN1C(=O)c2[nH]nc(-c3cccc([N+](=O)[O-])c3)c2C1c1ccc(OC)c(OC)c1. The van der Waals surface area contributed by atoms with Crippen LogP contribution in [0.4, 0.5) is 5.69 Å². The van der Waals surface area contributed by atoms with E-state index >= 15 is 0 Å². The van der Waals surface area contributed by atoms with Crippen molar-refractivity contribution in [3.8, 4) is 22.8 Å². The minimum absolute atomic E-state index is 0.0480. The molecule has 0 saturated carbocycles. The molecule has 0 spiro atoms. The van der Waals surface area contributed by atoms with Crippen molar-refractivity contribution in [2.24, 2.45) is 0 Å². The molecular formula is C23H24N4O6. The molecule has 0 fully saturated rings. The number of nitro groups is 1. The van der Waals surface area contributed by atoms with E-state index in [0.717, 1.165) is 5.56 Å². The summed E-state index contributed by atoms with van der Waals surface area (Å²) in [6.07, 6.45) is 0.649. The lowest BCUT2D eigenvalue weighted by atomic mass is 9.95. The minimum atomic E-state index is -0.461. The number of aromatic amines is 1. The number of carbonyl (C=O) groups is 1. The van der Waals surface area contributed by atoms with E-state index in [1.807, 2.05) is 12.1 Å². The second kappa shape index (κ2) is 9.29. The highest BCUT2D eigenvalue weighted by atomic mass is 16.6. The third-order valence-corrected chi connectivity index (χ3v) is 5.67. The van der Waals surface area contributed by atoms with Gasteiger partial charge in [0.25, 0.3) is 11.6 Å². The summed E-state index contributed by atoms with van der Waals surface area (Å²) in [5, 5.41) is 18.5. The van der Waals surface area contributed by atoms with Gasteiger partial charge < -0.3 is 19.1 Å². The Hall–Kier alpha value is -3.92. The fourth-order valence-corrected chi connectivity index (χ4v) is 4.16. The standard InChI is InChI=1S/C23H24N4O6/c1-31-11-5-10-26-22(15-8-9-17(32-2)18(13-15)33-3)19-20(24-25-21(19)23(26)28)14-6-4-7-16(12-14)27(29)30/h4,6-9,12-13,22H,5,10-11H2,1-3H3,(H,24,25). The number of ether oxygens (including phenoxy) is 3. The second-order valence-electron chi connectivity index (χ2n) is 7.53. The van der Waals surface area contributed by atoms with E-state index in [0.29, 0.717) is 53.6 Å². The number of non-ortho nitro benzene ring substituents is 1. The predicted octanol–water partition coefficient (Wildman–Crippen LogP) is 3.58. The van der Waals surface area contributed by atoms with Crippen LogP contribution in [-0.2, 0) is 4.74 Å². The summed E-state index contributed by atoms with van der Waals surface area (Å²) in [6.45, 7) is 0.967. The van der Waals surface area contributed by atoms with Crippen molar-refractivity contribution in [1.29, 1.82) is 0 Å². The van der Waals surface area contributed by atoms with Gasteiger partial charge in [0, 0.05) is 43.5 Å². The van der Waals surface area contributed by atoms with Crippen LogP contribution in [-0.4, -0.2) is 60.4 Å². The predicted molar refractivity (Wildman–Crippen MR) is 120 cm³/mol. The molecular weight excluding hydrogens is 428 g/mol. The van der Waals surface area contributed by atoms with Crippen LogP contribution < -0.4 is 9.47 Å². The molecule has 0 radical (unpaired) electrons. The van der Waals surface area contributed by atoms with Gasteiger partial charge in [-0.3, -0.25) is 20.0 Å². The molecule has 10 nitrogen and oxygen atoms in total. The Bertz CT molecular complexity index is 1190. The molecule has 2 aromatic carbocycles. The number of hydrogen-bond acceptors (Lipinski definition) is 7. The number of H-pyrrole nitrogens is 1. The van der Waals surface area contributed by atoms with Gasteiger partial charge in [0.15, 0.2) is 11.5 Å². The molecule has 1 unspecified atom stereocenters. The van der Waals surface area contributed by atoms with E-state index in [9.17, 15) is 14.9 Å². The molecule has 3 aromatic rings. The fourth-order valence-electron chi connectivity index (χ4n) is 4.16. The topological polar surface area (TPSA) is 120 Å². The van der Waals surface area contributed by atoms with E-state index in [2.05, 4.69) is 10.2 Å². The van der Waals surface area contributed by atoms with Crippen molar-refractivity contribution in [3.63, 3.8) is 0 Å². The van der Waals surface area contributed by atoms with Crippen molar-refractivity contribution >= 4 is 11.6 Å². The molecule has 10 heteroatoms. The van der Waals surface area contributed by atoms with Gasteiger partial charge in [-0.25, -0.2) is 0 Å². The Labute approximate surface area is 190 Å². The van der Waals surface area contributed by atoms with Crippen molar-refractivity contribution < 1.29 is 23.9 Å². The Kier molecular flexibility index (Phi) is 6.27. The number of nitrogens with zero attached hydrogens (tertiary/aromatic N) is 3. The van der Waals surface area contributed by atoms with E-state index in [1.54, 1.807) is 44.4 Å².